The molecule has 30 heavy (non-hydrogen) atoms. The smallest absolute Gasteiger partial charge is 0.251 e. The van der Waals surface area contributed by atoms with Gasteiger partial charge in [0.25, 0.3) is 5.91 Å². The number of carbonyl (C=O) groups excluding carboxylic acids is 2. The molecule has 2 aromatic rings. The Bertz CT molecular complexity index is 914. The summed E-state index contributed by atoms with van der Waals surface area (Å²) in [4.78, 5) is 32.1. The number of hydrogen-bond donors (Lipinski definition) is 1. The van der Waals surface area contributed by atoms with Gasteiger partial charge in [-0.3, -0.25) is 9.59 Å². The molecule has 7 nitrogen and oxygen atoms in total. The third kappa shape index (κ3) is 3.51. The molecule has 7 heteroatoms. The molecular weight excluding hydrogens is 380 g/mol. The normalized spacial score (nSPS) is 22.9. The fourth-order valence-corrected chi connectivity index (χ4v) is 4.78. The number of piperidine rings is 1. The molecule has 0 unspecified atom stereocenters. The van der Waals surface area contributed by atoms with E-state index < -0.39 is 11.7 Å². The Morgan fingerprint density at radius 1 is 1.17 bits per heavy atom. The van der Waals surface area contributed by atoms with E-state index in [2.05, 4.69) is 10.3 Å². The first-order valence-corrected chi connectivity index (χ1v) is 10.9. The fraction of sp³-hybridized carbons (Fsp3) is 0.522. The van der Waals surface area contributed by atoms with Crippen LogP contribution in [0.1, 0.15) is 43.5 Å². The van der Waals surface area contributed by atoms with E-state index in [1.807, 2.05) is 46.0 Å². The average molecular weight is 409 g/mol. The van der Waals surface area contributed by atoms with Crippen molar-refractivity contribution in [2.45, 2.75) is 56.9 Å². The van der Waals surface area contributed by atoms with Crippen LogP contribution in [0.25, 0.3) is 0 Å². The molecular formula is C23H28N4O3. The highest BCUT2D eigenvalue weighted by Crippen LogP contribution is 2.41. The maximum Gasteiger partial charge on any atom is 0.251 e. The second-order valence-corrected chi connectivity index (χ2v) is 8.66. The Kier molecular flexibility index (Phi) is 5.06. The average Bonchev–Trinajstić information content (AvgIpc) is 3.22. The molecule has 1 aliphatic carbocycles. The van der Waals surface area contributed by atoms with Gasteiger partial charge in [-0.25, -0.2) is 4.98 Å². The third-order valence-electron chi connectivity index (χ3n) is 6.79. The summed E-state index contributed by atoms with van der Waals surface area (Å²) in [7, 11) is 0. The molecule has 3 aliphatic rings. The van der Waals surface area contributed by atoms with Crippen molar-refractivity contribution in [3.63, 3.8) is 0 Å². The van der Waals surface area contributed by atoms with Crippen molar-refractivity contribution in [2.24, 2.45) is 5.92 Å². The van der Waals surface area contributed by atoms with Gasteiger partial charge in [-0.2, -0.15) is 0 Å². The number of benzene rings is 1. The molecule has 3 heterocycles. The minimum absolute atomic E-state index is 0.106. The monoisotopic (exact) mass is 408 g/mol. The molecule has 0 bridgehead atoms. The van der Waals surface area contributed by atoms with Crippen molar-refractivity contribution < 1.29 is 14.3 Å². The zero-order chi connectivity index (χ0) is 20.6. The molecule has 0 radical (unpaired) electrons. The summed E-state index contributed by atoms with van der Waals surface area (Å²) in [5, 5.41) is 3.01. The van der Waals surface area contributed by atoms with Gasteiger partial charge in [-0.05, 0) is 18.4 Å². The van der Waals surface area contributed by atoms with Gasteiger partial charge >= 0.3 is 0 Å². The number of nitrogens with one attached hydrogen (secondary N) is 1. The number of rotatable bonds is 4. The summed E-state index contributed by atoms with van der Waals surface area (Å²) in [5.41, 5.74) is 0.454. The van der Waals surface area contributed by atoms with Crippen LogP contribution < -0.4 is 5.32 Å². The maximum absolute atomic E-state index is 12.9. The van der Waals surface area contributed by atoms with E-state index in [4.69, 9.17) is 4.74 Å². The number of amides is 2. The molecule has 1 aromatic heterocycles. The first kappa shape index (κ1) is 19.3. The molecule has 2 aliphatic heterocycles. The van der Waals surface area contributed by atoms with Crippen LogP contribution in [0, 0.1) is 5.92 Å². The van der Waals surface area contributed by atoms with Gasteiger partial charge < -0.3 is 19.5 Å². The second-order valence-electron chi connectivity index (χ2n) is 8.66. The fourth-order valence-electron chi connectivity index (χ4n) is 4.78. The predicted octanol–water partition coefficient (Wildman–Crippen LogP) is 2.22. The SMILES string of the molecule is O=C(NCc1ccccc1)[C@@H]1Cn2ccnc2C2(CCN(C(=O)C3CCC3)CC2)O1. The lowest BCUT2D eigenvalue weighted by Gasteiger charge is -2.46. The molecule has 5 rings (SSSR count). The summed E-state index contributed by atoms with van der Waals surface area (Å²) >= 11 is 0. The Balaban J connectivity index is 1.27. The lowest BCUT2D eigenvalue weighted by atomic mass is 9.82. The minimum Gasteiger partial charge on any atom is -0.352 e. The van der Waals surface area contributed by atoms with Crippen LogP contribution in [0.4, 0.5) is 0 Å². The van der Waals surface area contributed by atoms with Gasteiger partial charge in [-0.1, -0.05) is 36.8 Å². The summed E-state index contributed by atoms with van der Waals surface area (Å²) < 4.78 is 8.49. The highest BCUT2D eigenvalue weighted by Gasteiger charge is 2.48. The number of imidazole rings is 1. The van der Waals surface area contributed by atoms with Crippen LogP contribution in [0.5, 0.6) is 0 Å². The van der Waals surface area contributed by atoms with Crippen LogP contribution in [0.15, 0.2) is 42.7 Å². The molecule has 1 N–H and O–H groups in total. The summed E-state index contributed by atoms with van der Waals surface area (Å²) in [6.45, 7) is 2.25. The van der Waals surface area contributed by atoms with Crippen molar-refractivity contribution in [3.05, 3.63) is 54.1 Å². The zero-order valence-corrected chi connectivity index (χ0v) is 17.1. The topological polar surface area (TPSA) is 76.5 Å². The standard InChI is InChI=1S/C23H28N4O3/c28-20(25-15-17-5-2-1-3-6-17)19-16-27-14-11-24-22(27)23(30-19)9-12-26(13-10-23)21(29)18-7-4-8-18/h1-3,5-6,11,14,18-19H,4,7-10,12-13,15-16H2,(H,25,28)/t19-/m0/s1. The van der Waals surface area contributed by atoms with Gasteiger partial charge in [0, 0.05) is 50.8 Å². The predicted molar refractivity (Wildman–Crippen MR) is 110 cm³/mol. The molecule has 1 aromatic carbocycles. The first-order valence-electron chi connectivity index (χ1n) is 10.9. The summed E-state index contributed by atoms with van der Waals surface area (Å²) in [6, 6.07) is 9.87. The molecule has 1 atom stereocenters. The van der Waals surface area contributed by atoms with Gasteiger partial charge in [0.05, 0.1) is 6.54 Å². The third-order valence-corrected chi connectivity index (χ3v) is 6.79. The quantitative estimate of drug-likeness (QED) is 0.842. The lowest BCUT2D eigenvalue weighted by Crippen LogP contribution is -2.55. The number of hydrogen-bond acceptors (Lipinski definition) is 4. The molecule has 158 valence electrons. The zero-order valence-electron chi connectivity index (χ0n) is 17.1. The highest BCUT2D eigenvalue weighted by atomic mass is 16.5. The number of aromatic nitrogens is 2. The van der Waals surface area contributed by atoms with Crippen molar-refractivity contribution >= 4 is 11.8 Å². The van der Waals surface area contributed by atoms with E-state index in [0.717, 1.165) is 30.7 Å². The van der Waals surface area contributed by atoms with Crippen molar-refractivity contribution in [2.75, 3.05) is 13.1 Å². The summed E-state index contributed by atoms with van der Waals surface area (Å²) in [5.74, 6) is 1.27. The van der Waals surface area contributed by atoms with Gasteiger partial charge in [0.15, 0.2) is 6.10 Å². The Hall–Kier alpha value is -2.67. The second kappa shape index (κ2) is 7.87. The largest absolute Gasteiger partial charge is 0.352 e. The van der Waals surface area contributed by atoms with E-state index >= 15 is 0 Å². The van der Waals surface area contributed by atoms with Crippen molar-refractivity contribution in [1.29, 1.82) is 0 Å². The molecule has 1 saturated heterocycles. The van der Waals surface area contributed by atoms with Crippen LogP contribution in [0.2, 0.25) is 0 Å². The van der Waals surface area contributed by atoms with E-state index in [-0.39, 0.29) is 17.7 Å². The van der Waals surface area contributed by atoms with E-state index in [1.54, 1.807) is 6.20 Å². The number of fused-ring (bicyclic) bond motifs is 2. The molecule has 2 fully saturated rings. The lowest BCUT2D eigenvalue weighted by molar-refractivity contribution is -0.177. The Morgan fingerprint density at radius 2 is 1.93 bits per heavy atom. The van der Waals surface area contributed by atoms with Crippen LogP contribution in [-0.2, 0) is 33.0 Å². The number of nitrogens with zero attached hydrogens (tertiary/aromatic N) is 3. The van der Waals surface area contributed by atoms with Gasteiger partial charge in [-0.15, -0.1) is 0 Å². The number of likely N-dealkylation sites (tertiary alicyclic amines) is 1. The van der Waals surface area contributed by atoms with Crippen LogP contribution >= 0.6 is 0 Å². The van der Waals surface area contributed by atoms with Crippen molar-refractivity contribution in [1.82, 2.24) is 19.8 Å². The highest BCUT2D eigenvalue weighted by molar-refractivity contribution is 5.81. The molecule has 1 saturated carbocycles. The number of carbonyl (C=O) groups is 2. The first-order chi connectivity index (χ1) is 14.6. The number of ether oxygens (including phenoxy) is 1. The Morgan fingerprint density at radius 3 is 2.63 bits per heavy atom. The molecule has 2 amide bonds. The minimum atomic E-state index is -0.604. The Labute approximate surface area is 176 Å². The molecule has 1 spiro atoms. The van der Waals surface area contributed by atoms with E-state index in [9.17, 15) is 9.59 Å². The van der Waals surface area contributed by atoms with Gasteiger partial charge in [0.2, 0.25) is 5.91 Å². The van der Waals surface area contributed by atoms with E-state index in [0.29, 0.717) is 39.0 Å². The van der Waals surface area contributed by atoms with E-state index in [1.165, 1.54) is 0 Å². The van der Waals surface area contributed by atoms with Crippen LogP contribution in [0.3, 0.4) is 0 Å². The summed E-state index contributed by atoms with van der Waals surface area (Å²) in [6.07, 6.45) is 7.67. The van der Waals surface area contributed by atoms with Crippen molar-refractivity contribution in [3.8, 4) is 0 Å². The maximum atomic E-state index is 12.9. The van der Waals surface area contributed by atoms with Gasteiger partial charge in [0.1, 0.15) is 11.4 Å². The van der Waals surface area contributed by atoms with Crippen LogP contribution in [-0.4, -0.2) is 45.5 Å².